The molecular formula is C50H62N16O24S4Zn4+8. The molecule has 98 heavy (non-hydrogen) atoms. The molecule has 0 spiro atoms. The topological polar surface area (TPSA) is 443 Å². The molecule has 0 bridgehead atoms. The van der Waals surface area contributed by atoms with Crippen LogP contribution in [-0.4, -0.2) is 328 Å². The molecule has 0 atom stereocenters. The second-order valence-corrected chi connectivity index (χ2v) is 31.8. The molecule has 1 aromatic rings. The van der Waals surface area contributed by atoms with Crippen LogP contribution in [0.2, 0.25) is 0 Å². The zero-order chi connectivity index (χ0) is 67.2. The first-order valence-electron chi connectivity index (χ1n) is 29.5. The Bertz CT molecular complexity index is 4030. The standard InChI is InChI=1S/C50H62N16O24S4.4Zn/c1-47-49(3)63-23-55-37-35-51(39(55)67)21-53-36-38-57(41(53)69)25-65-45(73)61-19-29-30(34(90-12-16-94(84,85)86)8-7-33(29)89-11-15-93(81,82)83)20-62-46(74)66(50(65,4)48(61,62)2)26-58(38)42(70)54(36)22-52(35)40(68)56(37)24-64(49)44(72)60(47)18-28-27(17-59(47)43(63)71)31(87-9-13-91(75,76)77)5-6-32(28)88-10-14-92(78,79)80;;;;/h5-6,35-38H,7-26H2,1-4H3,(H,75,76,77)(H,78,79,80)(H,81,82,83)(H,84,85,86);;;;/q;4*+2. The van der Waals surface area contributed by atoms with E-state index in [9.17, 15) is 51.9 Å². The summed E-state index contributed by atoms with van der Waals surface area (Å²) in [6, 6.07) is -3.33. The fourth-order valence-corrected chi connectivity index (χ4v) is 17.7. The number of allylic oxidation sites excluding steroid dienone is 2. The van der Waals surface area contributed by atoms with Gasteiger partial charge in [-0.2, -0.15) is 33.7 Å². The molecule has 48 heteroatoms. The van der Waals surface area contributed by atoms with Gasteiger partial charge in [0.2, 0.25) is 0 Å². The summed E-state index contributed by atoms with van der Waals surface area (Å²) in [5, 5.41) is 0. The van der Waals surface area contributed by atoms with E-state index in [1.54, 1.807) is 27.7 Å². The van der Waals surface area contributed by atoms with Crippen molar-refractivity contribution < 1.29 is 187 Å². The maximum atomic E-state index is 15.5. The molecule has 1 aromatic carbocycles. The van der Waals surface area contributed by atoms with Gasteiger partial charge in [-0.3, -0.25) is 96.6 Å². The van der Waals surface area contributed by atoms with Gasteiger partial charge in [0.05, 0.1) is 26.2 Å². The first-order valence-corrected chi connectivity index (χ1v) is 35.9. The van der Waals surface area contributed by atoms with E-state index in [1.165, 1.54) is 90.5 Å². The first kappa shape index (κ1) is 73.4. The molecule has 13 aliphatic heterocycles. The molecule has 0 radical (unpaired) electrons. The fourth-order valence-electron chi connectivity index (χ4n) is 16.5. The first-order chi connectivity index (χ1) is 43.9. The Morgan fingerprint density at radius 1 is 0.347 bits per heavy atom. The van der Waals surface area contributed by atoms with Crippen molar-refractivity contribution in [2.45, 2.75) is 101 Å². The van der Waals surface area contributed by atoms with Gasteiger partial charge in [-0.1, -0.05) is 0 Å². The summed E-state index contributed by atoms with van der Waals surface area (Å²) >= 11 is 0. The number of nitrogens with zero attached hydrogens (tertiary/aromatic N) is 16. The summed E-state index contributed by atoms with van der Waals surface area (Å²) in [7, 11) is -18.1. The van der Waals surface area contributed by atoms with Crippen LogP contribution in [0.25, 0.3) is 0 Å². The number of hydrogen-bond donors (Lipinski definition) is 4. The van der Waals surface area contributed by atoms with Crippen molar-refractivity contribution >= 4 is 88.7 Å². The van der Waals surface area contributed by atoms with Crippen molar-refractivity contribution in [3.05, 3.63) is 45.9 Å². The molecule has 0 aromatic heterocycles. The second-order valence-electron chi connectivity index (χ2n) is 25.5. The summed E-state index contributed by atoms with van der Waals surface area (Å²) in [4.78, 5) is 145. The Balaban J connectivity index is 0.00000243. The van der Waals surface area contributed by atoms with Gasteiger partial charge in [0.25, 0.3) is 40.5 Å². The van der Waals surface area contributed by atoms with Crippen LogP contribution in [0, 0.1) is 0 Å². The van der Waals surface area contributed by atoms with Gasteiger partial charge in [0, 0.05) is 35.1 Å². The number of hydrogen-bond acceptors (Lipinski definition) is 20. The quantitative estimate of drug-likeness (QED) is 0.105. The number of benzene rings is 1. The van der Waals surface area contributed by atoms with Crippen LogP contribution in [0.4, 0.5) is 38.4 Å². The van der Waals surface area contributed by atoms with Crippen molar-refractivity contribution in [3.63, 3.8) is 0 Å². The Morgan fingerprint density at radius 2 is 0.571 bits per heavy atom. The number of carbonyl (C=O) groups excluding carboxylic acids is 8. The Morgan fingerprint density at radius 3 is 0.827 bits per heavy atom. The van der Waals surface area contributed by atoms with E-state index in [0.29, 0.717) is 0 Å². The maximum absolute atomic E-state index is 15.5. The van der Waals surface area contributed by atoms with Crippen molar-refractivity contribution in [1.82, 2.24) is 78.4 Å². The van der Waals surface area contributed by atoms with Crippen molar-refractivity contribution in [1.29, 1.82) is 0 Å². The van der Waals surface area contributed by atoms with Gasteiger partial charge in [-0.25, -0.2) is 38.4 Å². The van der Waals surface area contributed by atoms with Crippen LogP contribution < -0.4 is 9.47 Å². The van der Waals surface area contributed by atoms with Crippen molar-refractivity contribution in [3.8, 4) is 11.5 Å². The summed E-state index contributed by atoms with van der Waals surface area (Å²) in [6.45, 7) is -0.774. The third-order valence-electron chi connectivity index (χ3n) is 21.3. The SMILES string of the molecule is CC12N3CC4=C(OCCS(=O)(=O)O)CCC(OCCS(=O)(=O)O)=C4CN1C(=O)N1CN4C(=O)N5CN6C(=O)N7CN8C(=O)N9Cc%10c(OCCS(=O)(=O)O)ccc(OCCS(=O)(=O)O)c%10CN%10C(=O)N(CN%11C(=O)N(CN%12C(=O)N(CN(C3=O)C12C)C4C%125)C6C%117)C8(C)C%109C.[Zn+2].[Zn+2].[Zn+2].[Zn+2]. The van der Waals surface area contributed by atoms with E-state index in [-0.39, 0.29) is 162 Å². The van der Waals surface area contributed by atoms with E-state index in [2.05, 4.69) is 0 Å². The minimum Gasteiger partial charge on any atom is -0.496 e. The smallest absolute Gasteiger partial charge is 0.496 e. The number of urea groups is 8. The molecule has 0 saturated carbocycles. The largest absolute Gasteiger partial charge is 2.00 e. The minimum atomic E-state index is -4.54. The average molecular weight is 1660 g/mol. The molecule has 4 N–H and O–H groups in total. The normalized spacial score (nSPS) is 30.2. The van der Waals surface area contributed by atoms with Gasteiger partial charge in [-0.15, -0.1) is 0 Å². The summed E-state index contributed by atoms with van der Waals surface area (Å²) in [6.07, 6.45) is -5.20. The third-order valence-corrected chi connectivity index (χ3v) is 24.1. The van der Waals surface area contributed by atoms with E-state index >= 15 is 38.4 Å². The average Bonchev–Trinajstić information content (AvgIpc) is 1.50. The predicted molar refractivity (Wildman–Crippen MR) is 306 cm³/mol. The summed E-state index contributed by atoms with van der Waals surface area (Å²) in [5.74, 6) is -2.96. The monoisotopic (exact) mass is 1650 g/mol. The Labute approximate surface area is 610 Å². The van der Waals surface area contributed by atoms with Gasteiger partial charge in [-0.05, 0) is 39.8 Å². The van der Waals surface area contributed by atoms with Crippen LogP contribution in [-0.2, 0) is 141 Å². The molecule has 510 valence electrons. The predicted octanol–water partition coefficient (Wildman–Crippen LogP) is -1.80. The summed E-state index contributed by atoms with van der Waals surface area (Å²) in [5.41, 5.74) is -6.00. The van der Waals surface area contributed by atoms with Crippen LogP contribution >= 0.6 is 0 Å². The fraction of sp³-hybridized carbons (Fsp3) is 0.640. The molecule has 1 aliphatic carbocycles. The van der Waals surface area contributed by atoms with Crippen LogP contribution in [0.5, 0.6) is 11.5 Å². The van der Waals surface area contributed by atoms with E-state index < -0.39 is 225 Å². The van der Waals surface area contributed by atoms with Gasteiger partial charge < -0.3 is 18.9 Å². The zero-order valence-electron chi connectivity index (χ0n) is 53.2. The third kappa shape index (κ3) is 10.1. The minimum absolute atomic E-state index is 0. The van der Waals surface area contributed by atoms with E-state index in [1.807, 2.05) is 0 Å². The molecule has 12 saturated heterocycles. The van der Waals surface area contributed by atoms with Gasteiger partial charge >= 0.3 is 126 Å². The number of carbonyl (C=O) groups is 8. The van der Waals surface area contributed by atoms with Gasteiger partial charge in [0.1, 0.15) is 112 Å². The van der Waals surface area contributed by atoms with Crippen LogP contribution in [0.1, 0.15) is 51.7 Å². The Hall–Kier alpha value is -5.81. The molecule has 0 unspecified atom stereocenters. The van der Waals surface area contributed by atoms with Crippen molar-refractivity contribution in [2.24, 2.45) is 0 Å². The van der Waals surface area contributed by atoms with E-state index in [0.717, 1.165) is 0 Å². The van der Waals surface area contributed by atoms with Crippen LogP contribution in [0.15, 0.2) is 34.8 Å². The second kappa shape index (κ2) is 23.9. The van der Waals surface area contributed by atoms with Crippen LogP contribution in [0.3, 0.4) is 0 Å². The molecule has 16 amide bonds. The van der Waals surface area contributed by atoms with Crippen molar-refractivity contribution in [2.75, 3.05) is 103 Å². The van der Waals surface area contributed by atoms with E-state index in [4.69, 9.17) is 18.9 Å². The number of fused-ring (bicyclic) bond motifs is 2. The zero-order valence-corrected chi connectivity index (χ0v) is 68.3. The number of amides is 16. The molecule has 14 aliphatic rings. The number of ether oxygens (including phenoxy) is 4. The number of rotatable bonds is 16. The molecule has 40 nitrogen and oxygen atoms in total. The molecule has 12 fully saturated rings. The molecule has 13 heterocycles. The molecule has 15 rings (SSSR count). The Kier molecular flexibility index (Phi) is 17.9. The van der Waals surface area contributed by atoms with Gasteiger partial charge in [0.15, 0.2) is 47.3 Å². The maximum Gasteiger partial charge on any atom is 2.00 e. The summed E-state index contributed by atoms with van der Waals surface area (Å²) < 4.78 is 156. The molecular weight excluding hydrogens is 1600 g/mol.